The van der Waals surface area contributed by atoms with Gasteiger partial charge in [0.05, 0.1) is 21.0 Å². The first kappa shape index (κ1) is 27.9. The number of primary amides is 1. The molecule has 0 aliphatic heterocycles. The largest absolute Gasteiger partial charge is 0.409 e. The summed E-state index contributed by atoms with van der Waals surface area (Å²) in [5.74, 6) is -9.77. The first-order valence-corrected chi connectivity index (χ1v) is 10.9. The van der Waals surface area contributed by atoms with Crippen LogP contribution in [0.1, 0.15) is 27.9 Å². The minimum Gasteiger partial charge on any atom is -0.369 e. The van der Waals surface area contributed by atoms with Crippen LogP contribution in [0.2, 0.25) is 15.1 Å². The molecule has 2 unspecified atom stereocenters. The maximum absolute atomic E-state index is 12.8. The Kier molecular flexibility index (Phi) is 7.46. The fourth-order valence-electron chi connectivity index (χ4n) is 4.00. The molecule has 1 aliphatic carbocycles. The number of hydrogen-bond acceptors (Lipinski definition) is 3. The molecule has 0 heterocycles. The number of amides is 3. The number of nitrogens with two attached hydrogens (primary N) is 1. The van der Waals surface area contributed by atoms with E-state index in [9.17, 15) is 40.7 Å². The Bertz CT molecular complexity index is 1200. The lowest BCUT2D eigenvalue weighted by molar-refractivity contribution is -0.274. The Morgan fingerprint density at radius 3 is 1.94 bits per heavy atom. The van der Waals surface area contributed by atoms with E-state index in [4.69, 9.17) is 40.5 Å². The van der Waals surface area contributed by atoms with E-state index in [-0.39, 0.29) is 32.6 Å². The van der Waals surface area contributed by atoms with Crippen LogP contribution in [0.25, 0.3) is 0 Å². The lowest BCUT2D eigenvalue weighted by atomic mass is 9.82. The van der Waals surface area contributed by atoms with E-state index in [1.807, 2.05) is 0 Å². The van der Waals surface area contributed by atoms with Crippen molar-refractivity contribution < 1.29 is 40.7 Å². The second kappa shape index (κ2) is 9.64. The summed E-state index contributed by atoms with van der Waals surface area (Å²) in [6, 6.07) is 8.22. The third-order valence-corrected chi connectivity index (χ3v) is 6.87. The molecular formula is C21H14Cl3F6N3O3. The van der Waals surface area contributed by atoms with Crippen molar-refractivity contribution in [2.24, 2.45) is 17.6 Å². The lowest BCUT2D eigenvalue weighted by Crippen LogP contribution is -2.53. The van der Waals surface area contributed by atoms with Crippen molar-refractivity contribution in [2.75, 3.05) is 0 Å². The smallest absolute Gasteiger partial charge is 0.369 e. The predicted molar refractivity (Wildman–Crippen MR) is 117 cm³/mol. The molecule has 0 bridgehead atoms. The van der Waals surface area contributed by atoms with Crippen LogP contribution in [-0.4, -0.2) is 30.1 Å². The molecule has 0 saturated heterocycles. The normalized spacial score (nSPS) is 19.7. The molecule has 1 saturated carbocycles. The highest BCUT2D eigenvalue weighted by molar-refractivity contribution is 6.48. The van der Waals surface area contributed by atoms with E-state index in [1.54, 1.807) is 5.43 Å². The third kappa shape index (κ3) is 5.21. The van der Waals surface area contributed by atoms with Crippen LogP contribution in [0.15, 0.2) is 36.4 Å². The van der Waals surface area contributed by atoms with Gasteiger partial charge in [0, 0.05) is 11.0 Å². The Balaban J connectivity index is 1.98. The molecule has 2 aromatic rings. The molecule has 3 amide bonds. The van der Waals surface area contributed by atoms with Gasteiger partial charge in [-0.1, -0.05) is 53.0 Å². The molecule has 3 rings (SSSR count). The van der Waals surface area contributed by atoms with Crippen LogP contribution in [0, 0.1) is 11.8 Å². The number of carbonyl (C=O) groups excluding carboxylic acids is 3. The molecule has 6 nitrogen and oxygen atoms in total. The van der Waals surface area contributed by atoms with Crippen molar-refractivity contribution in [1.82, 2.24) is 10.9 Å². The van der Waals surface area contributed by atoms with Gasteiger partial charge in [0.2, 0.25) is 11.8 Å². The lowest BCUT2D eigenvalue weighted by Gasteiger charge is -2.24. The molecule has 0 aromatic heterocycles. The molecule has 15 heteroatoms. The highest BCUT2D eigenvalue weighted by Crippen LogP contribution is 2.60. The fraction of sp³-hybridized carbons (Fsp3) is 0.286. The van der Waals surface area contributed by atoms with Gasteiger partial charge in [0.1, 0.15) is 0 Å². The number of carbonyl (C=O) groups is 3. The Hall–Kier alpha value is -2.70. The molecule has 4 N–H and O–H groups in total. The number of rotatable bonds is 5. The highest BCUT2D eigenvalue weighted by Gasteiger charge is 2.62. The zero-order valence-electron chi connectivity index (χ0n) is 17.5. The molecule has 1 aliphatic rings. The van der Waals surface area contributed by atoms with Crippen molar-refractivity contribution in [2.45, 2.75) is 24.2 Å². The van der Waals surface area contributed by atoms with Gasteiger partial charge in [-0.3, -0.25) is 25.2 Å². The minimum atomic E-state index is -5.95. The van der Waals surface area contributed by atoms with Gasteiger partial charge in [0.15, 0.2) is 0 Å². The van der Waals surface area contributed by atoms with E-state index in [0.29, 0.717) is 5.56 Å². The van der Waals surface area contributed by atoms with Crippen LogP contribution >= 0.6 is 34.8 Å². The average Bonchev–Trinajstić information content (AvgIpc) is 3.51. The van der Waals surface area contributed by atoms with E-state index in [2.05, 4.69) is 0 Å². The molecule has 2 atom stereocenters. The predicted octanol–water partition coefficient (Wildman–Crippen LogP) is 4.94. The van der Waals surface area contributed by atoms with Crippen LogP contribution in [0.5, 0.6) is 0 Å². The van der Waals surface area contributed by atoms with Gasteiger partial charge in [-0.05, 0) is 35.7 Å². The number of halogens is 9. The molecule has 0 radical (unpaired) electrons. The van der Waals surface area contributed by atoms with E-state index < -0.39 is 47.3 Å². The van der Waals surface area contributed by atoms with E-state index >= 15 is 0 Å². The van der Waals surface area contributed by atoms with E-state index in [1.165, 1.54) is 36.4 Å². The van der Waals surface area contributed by atoms with Gasteiger partial charge in [-0.2, -0.15) is 26.3 Å². The van der Waals surface area contributed by atoms with Gasteiger partial charge in [0.25, 0.3) is 11.8 Å². The Morgan fingerprint density at radius 1 is 0.944 bits per heavy atom. The third-order valence-electron chi connectivity index (χ3n) is 5.67. The number of hydrazine groups is 1. The number of hydrogen-bond donors (Lipinski definition) is 3. The second-order valence-corrected chi connectivity index (χ2v) is 9.08. The van der Waals surface area contributed by atoms with Crippen molar-refractivity contribution in [1.29, 1.82) is 0 Å². The van der Waals surface area contributed by atoms with Crippen LogP contribution in [-0.2, 0) is 15.0 Å². The number of alkyl halides is 6. The van der Waals surface area contributed by atoms with E-state index in [0.717, 1.165) is 5.43 Å². The monoisotopic (exact) mass is 575 g/mol. The van der Waals surface area contributed by atoms with Gasteiger partial charge < -0.3 is 5.73 Å². The van der Waals surface area contributed by atoms with Crippen molar-refractivity contribution in [3.63, 3.8) is 0 Å². The Labute approximate surface area is 214 Å². The molecule has 2 aromatic carbocycles. The summed E-state index contributed by atoms with van der Waals surface area (Å²) in [7, 11) is 0. The summed E-state index contributed by atoms with van der Waals surface area (Å²) >= 11 is 18.2. The molecule has 0 spiro atoms. The topological polar surface area (TPSA) is 101 Å². The highest BCUT2D eigenvalue weighted by atomic mass is 35.5. The summed E-state index contributed by atoms with van der Waals surface area (Å²) in [6.07, 6.45) is -11.8. The van der Waals surface area contributed by atoms with Crippen LogP contribution in [0.4, 0.5) is 26.3 Å². The molecule has 194 valence electrons. The first-order chi connectivity index (χ1) is 16.5. The molecule has 36 heavy (non-hydrogen) atoms. The summed E-state index contributed by atoms with van der Waals surface area (Å²) in [6.45, 7) is 0. The van der Waals surface area contributed by atoms with Gasteiger partial charge in [-0.25, -0.2) is 0 Å². The zero-order valence-corrected chi connectivity index (χ0v) is 19.8. The summed E-state index contributed by atoms with van der Waals surface area (Å²) in [5, 5.41) is 0.0625. The van der Waals surface area contributed by atoms with Crippen LogP contribution < -0.4 is 16.6 Å². The molecule has 1 fully saturated rings. The van der Waals surface area contributed by atoms with Crippen LogP contribution in [0.3, 0.4) is 0 Å². The quantitative estimate of drug-likeness (QED) is 0.267. The fourth-order valence-corrected chi connectivity index (χ4v) is 4.60. The summed E-state index contributed by atoms with van der Waals surface area (Å²) < 4.78 is 76.6. The summed E-state index contributed by atoms with van der Waals surface area (Å²) in [4.78, 5) is 36.5. The average molecular weight is 577 g/mol. The second-order valence-electron chi connectivity index (χ2n) is 7.89. The standard InChI is InChI=1S/C21H14Cl3F6N3O3/c22-12-5-8(6-13(23)14(12)24)19(7-11(19)16(31)34)10-4-2-1-3-9(10)17(35)32-33-18(36)15(20(25,26)27)21(28,29)30/h1-6,11,15H,7H2,(H2,31,34)(H,32,35)(H,33,36). The van der Waals surface area contributed by atoms with Gasteiger partial charge in [-0.15, -0.1) is 0 Å². The molecular weight excluding hydrogens is 563 g/mol. The summed E-state index contributed by atoms with van der Waals surface area (Å²) in [5.41, 5.74) is 7.17. The zero-order chi connectivity index (χ0) is 27.2. The van der Waals surface area contributed by atoms with Crippen molar-refractivity contribution >= 4 is 52.5 Å². The first-order valence-electron chi connectivity index (χ1n) is 9.79. The maximum Gasteiger partial charge on any atom is 0.409 e. The number of nitrogens with one attached hydrogen (secondary N) is 2. The Morgan fingerprint density at radius 2 is 1.47 bits per heavy atom. The minimum absolute atomic E-state index is 0.0196. The SMILES string of the molecule is NC(=O)C1CC1(c1cc(Cl)c(Cl)c(Cl)c1)c1ccccc1C(=O)NNC(=O)C(C(F)(F)F)C(F)(F)F. The van der Waals surface area contributed by atoms with Gasteiger partial charge >= 0.3 is 12.4 Å². The maximum atomic E-state index is 12.8. The van der Waals surface area contributed by atoms with Crippen molar-refractivity contribution in [3.05, 3.63) is 68.2 Å². The number of benzene rings is 2. The van der Waals surface area contributed by atoms with Crippen molar-refractivity contribution in [3.8, 4) is 0 Å².